The normalized spacial score (nSPS) is 16.6. The summed E-state index contributed by atoms with van der Waals surface area (Å²) in [5.41, 5.74) is 4.97. The molecular formula is C23H23NO3. The molecule has 1 aliphatic carbocycles. The minimum atomic E-state index is -0.160. The number of nitrogens with zero attached hydrogens (tertiary/aromatic N) is 1. The maximum Gasteiger partial charge on any atom is 0.339 e. The monoisotopic (exact) mass is 361 g/mol. The van der Waals surface area contributed by atoms with E-state index in [1.807, 2.05) is 12.1 Å². The summed E-state index contributed by atoms with van der Waals surface area (Å²) in [5, 5.41) is 1.09. The first-order chi connectivity index (χ1) is 13.3. The molecule has 0 N–H and O–H groups in total. The van der Waals surface area contributed by atoms with Crippen LogP contribution in [0.5, 0.6) is 5.75 Å². The van der Waals surface area contributed by atoms with E-state index < -0.39 is 0 Å². The molecule has 5 rings (SSSR count). The van der Waals surface area contributed by atoms with Crippen molar-refractivity contribution in [2.45, 2.75) is 38.6 Å². The lowest BCUT2D eigenvalue weighted by Crippen LogP contribution is -2.34. The zero-order chi connectivity index (χ0) is 18.2. The third-order valence-electron chi connectivity index (χ3n) is 5.80. The van der Waals surface area contributed by atoms with E-state index in [9.17, 15) is 4.79 Å². The van der Waals surface area contributed by atoms with E-state index in [4.69, 9.17) is 9.15 Å². The molecule has 0 fully saturated rings. The third kappa shape index (κ3) is 3.04. The Morgan fingerprint density at radius 3 is 2.59 bits per heavy atom. The fraction of sp³-hybridized carbons (Fsp3) is 0.348. The molecule has 0 radical (unpaired) electrons. The molecule has 0 atom stereocenters. The van der Waals surface area contributed by atoms with Crippen LogP contribution in [0.2, 0.25) is 0 Å². The Balaban J connectivity index is 1.48. The highest BCUT2D eigenvalue weighted by Crippen LogP contribution is 2.35. The van der Waals surface area contributed by atoms with Gasteiger partial charge in [-0.1, -0.05) is 30.3 Å². The Bertz CT molecular complexity index is 1040. The van der Waals surface area contributed by atoms with Crippen molar-refractivity contribution < 1.29 is 9.15 Å². The molecule has 27 heavy (non-hydrogen) atoms. The van der Waals surface area contributed by atoms with Gasteiger partial charge in [-0.15, -0.1) is 0 Å². The van der Waals surface area contributed by atoms with Crippen molar-refractivity contribution >= 4 is 11.0 Å². The molecule has 0 unspecified atom stereocenters. The fourth-order valence-electron chi connectivity index (χ4n) is 4.34. The Labute approximate surface area is 158 Å². The second kappa shape index (κ2) is 6.86. The summed E-state index contributed by atoms with van der Waals surface area (Å²) in [4.78, 5) is 14.8. The largest absolute Gasteiger partial charge is 0.478 e. The Hall–Kier alpha value is -2.59. The molecule has 2 heterocycles. The van der Waals surface area contributed by atoms with Crippen LogP contribution in [0.25, 0.3) is 11.0 Å². The lowest BCUT2D eigenvalue weighted by atomic mass is 9.90. The number of hydrogen-bond acceptors (Lipinski definition) is 4. The summed E-state index contributed by atoms with van der Waals surface area (Å²) >= 11 is 0. The van der Waals surface area contributed by atoms with Crippen LogP contribution >= 0.6 is 0 Å². The van der Waals surface area contributed by atoms with Crippen molar-refractivity contribution in [2.75, 3.05) is 13.3 Å². The van der Waals surface area contributed by atoms with Crippen LogP contribution in [0.1, 0.15) is 35.1 Å². The van der Waals surface area contributed by atoms with Gasteiger partial charge in [0.1, 0.15) is 18.1 Å². The lowest BCUT2D eigenvalue weighted by molar-refractivity contribution is 0.0967. The molecule has 1 aromatic heterocycles. The zero-order valence-corrected chi connectivity index (χ0v) is 15.4. The van der Waals surface area contributed by atoms with Gasteiger partial charge in [-0.3, -0.25) is 4.90 Å². The van der Waals surface area contributed by atoms with Crippen molar-refractivity contribution in [1.82, 2.24) is 4.90 Å². The topological polar surface area (TPSA) is 42.7 Å². The second-order valence-electron chi connectivity index (χ2n) is 7.53. The van der Waals surface area contributed by atoms with Crippen molar-refractivity contribution in [3.8, 4) is 5.75 Å². The average Bonchev–Trinajstić information content (AvgIpc) is 2.73. The third-order valence-corrected chi connectivity index (χ3v) is 5.80. The summed E-state index contributed by atoms with van der Waals surface area (Å²) in [6.07, 6.45) is 5.00. The van der Waals surface area contributed by atoms with Crippen molar-refractivity contribution in [3.63, 3.8) is 0 Å². The van der Waals surface area contributed by atoms with Crippen LogP contribution < -0.4 is 10.4 Å². The van der Waals surface area contributed by atoms with Crippen LogP contribution in [0.3, 0.4) is 0 Å². The number of aryl methyl sites for hydroxylation is 1. The number of fused-ring (bicyclic) bond motifs is 5. The highest BCUT2D eigenvalue weighted by molar-refractivity contribution is 5.86. The molecule has 4 nitrogen and oxygen atoms in total. The van der Waals surface area contributed by atoms with E-state index in [0.717, 1.165) is 73.0 Å². The van der Waals surface area contributed by atoms with Crippen molar-refractivity contribution in [3.05, 3.63) is 75.1 Å². The quantitative estimate of drug-likeness (QED) is 0.660. The first-order valence-electron chi connectivity index (χ1n) is 9.79. The highest BCUT2D eigenvalue weighted by Gasteiger charge is 2.25. The van der Waals surface area contributed by atoms with Gasteiger partial charge in [-0.2, -0.15) is 0 Å². The zero-order valence-electron chi connectivity index (χ0n) is 15.4. The predicted molar refractivity (Wildman–Crippen MR) is 105 cm³/mol. The molecule has 0 saturated heterocycles. The predicted octanol–water partition coefficient (Wildman–Crippen LogP) is 4.07. The van der Waals surface area contributed by atoms with Gasteiger partial charge in [0.15, 0.2) is 0 Å². The Morgan fingerprint density at radius 2 is 1.74 bits per heavy atom. The van der Waals surface area contributed by atoms with E-state index >= 15 is 0 Å². The molecule has 1 aliphatic heterocycles. The van der Waals surface area contributed by atoms with Crippen LogP contribution in [0.15, 0.2) is 51.7 Å². The Morgan fingerprint density at radius 1 is 0.926 bits per heavy atom. The van der Waals surface area contributed by atoms with E-state index in [0.29, 0.717) is 6.73 Å². The van der Waals surface area contributed by atoms with Crippen molar-refractivity contribution in [1.29, 1.82) is 0 Å². The second-order valence-corrected chi connectivity index (χ2v) is 7.53. The maximum atomic E-state index is 12.5. The molecule has 2 aromatic carbocycles. The number of hydrogen-bond donors (Lipinski definition) is 0. The van der Waals surface area contributed by atoms with Gasteiger partial charge in [0.25, 0.3) is 0 Å². The van der Waals surface area contributed by atoms with Gasteiger partial charge in [-0.25, -0.2) is 4.79 Å². The van der Waals surface area contributed by atoms with Gasteiger partial charge in [0, 0.05) is 24.0 Å². The van der Waals surface area contributed by atoms with Crippen LogP contribution in [0.4, 0.5) is 0 Å². The first-order valence-corrected chi connectivity index (χ1v) is 9.79. The van der Waals surface area contributed by atoms with E-state index in [-0.39, 0.29) is 5.63 Å². The molecule has 0 spiro atoms. The molecule has 0 bridgehead atoms. The molecule has 4 heteroatoms. The number of benzene rings is 2. The molecule has 2 aliphatic rings. The fourth-order valence-corrected chi connectivity index (χ4v) is 4.34. The summed E-state index contributed by atoms with van der Waals surface area (Å²) in [6.45, 7) is 2.23. The van der Waals surface area contributed by atoms with Gasteiger partial charge in [-0.05, 0) is 55.4 Å². The smallest absolute Gasteiger partial charge is 0.339 e. The molecule has 0 amide bonds. The standard InChI is InChI=1S/C23H23NO3/c25-23-19-9-5-4-8-17(19)18-10-11-21-20(22(18)27-23)14-24(15-26-21)13-12-16-6-2-1-3-7-16/h1-3,6-7,10-11H,4-5,8-9,12-15H2. The van der Waals surface area contributed by atoms with Gasteiger partial charge < -0.3 is 9.15 Å². The minimum absolute atomic E-state index is 0.160. The summed E-state index contributed by atoms with van der Waals surface area (Å²) in [6, 6.07) is 14.6. The van der Waals surface area contributed by atoms with E-state index in [2.05, 4.69) is 35.2 Å². The molecule has 3 aromatic rings. The van der Waals surface area contributed by atoms with Gasteiger partial charge in [0.05, 0.1) is 5.56 Å². The van der Waals surface area contributed by atoms with E-state index in [1.54, 1.807) is 0 Å². The van der Waals surface area contributed by atoms with Crippen LogP contribution in [-0.2, 0) is 25.8 Å². The first kappa shape index (κ1) is 16.6. The number of rotatable bonds is 3. The molecule has 0 saturated carbocycles. The molecule has 138 valence electrons. The lowest BCUT2D eigenvalue weighted by Gasteiger charge is -2.29. The summed E-state index contributed by atoms with van der Waals surface area (Å²) in [5.74, 6) is 0.845. The van der Waals surface area contributed by atoms with Crippen LogP contribution in [-0.4, -0.2) is 18.2 Å². The van der Waals surface area contributed by atoms with Gasteiger partial charge >= 0.3 is 5.63 Å². The van der Waals surface area contributed by atoms with Crippen molar-refractivity contribution in [2.24, 2.45) is 0 Å². The number of ether oxygens (including phenoxy) is 1. The SMILES string of the molecule is O=c1oc2c3c(ccc2c2c1CCCC2)OCN(CCc1ccccc1)C3. The summed E-state index contributed by atoms with van der Waals surface area (Å²) in [7, 11) is 0. The van der Waals surface area contributed by atoms with Crippen LogP contribution in [0, 0.1) is 0 Å². The maximum absolute atomic E-state index is 12.5. The summed E-state index contributed by atoms with van der Waals surface area (Å²) < 4.78 is 11.8. The van der Waals surface area contributed by atoms with E-state index in [1.165, 1.54) is 11.1 Å². The average molecular weight is 361 g/mol. The minimum Gasteiger partial charge on any atom is -0.478 e. The highest BCUT2D eigenvalue weighted by atomic mass is 16.5. The van der Waals surface area contributed by atoms with Gasteiger partial charge in [0.2, 0.25) is 0 Å². The Kier molecular flexibility index (Phi) is 4.21. The molecular weight excluding hydrogens is 338 g/mol.